The van der Waals surface area contributed by atoms with Crippen molar-refractivity contribution in [2.75, 3.05) is 25.0 Å². The molecule has 0 amide bonds. The first-order chi connectivity index (χ1) is 16.5. The second-order valence-electron chi connectivity index (χ2n) is 9.00. The van der Waals surface area contributed by atoms with Crippen LogP contribution in [-0.4, -0.2) is 53.9 Å². The summed E-state index contributed by atoms with van der Waals surface area (Å²) in [5, 5.41) is 12.2. The lowest BCUT2D eigenvalue weighted by Crippen LogP contribution is -2.36. The van der Waals surface area contributed by atoms with Gasteiger partial charge < -0.3 is 10.2 Å². The number of piperidine rings is 1. The van der Waals surface area contributed by atoms with Crippen molar-refractivity contribution in [1.29, 1.82) is 0 Å². The molecule has 6 rings (SSSR count). The summed E-state index contributed by atoms with van der Waals surface area (Å²) in [5.41, 5.74) is 0.609. The summed E-state index contributed by atoms with van der Waals surface area (Å²) >= 11 is 6.23. The normalized spacial score (nSPS) is 17.5. The van der Waals surface area contributed by atoms with Crippen LogP contribution in [0.4, 0.5) is 20.4 Å². The van der Waals surface area contributed by atoms with Gasteiger partial charge in [0.05, 0.1) is 29.7 Å². The van der Waals surface area contributed by atoms with Crippen LogP contribution in [0.5, 0.6) is 0 Å². The van der Waals surface area contributed by atoms with E-state index < -0.39 is 11.6 Å². The number of nitrogens with one attached hydrogen (secondary N) is 1. The van der Waals surface area contributed by atoms with Crippen molar-refractivity contribution in [2.24, 2.45) is 5.92 Å². The fourth-order valence-corrected chi connectivity index (χ4v) is 4.68. The van der Waals surface area contributed by atoms with Crippen molar-refractivity contribution < 1.29 is 8.78 Å². The zero-order valence-electron chi connectivity index (χ0n) is 18.3. The molecular weight excluding hydrogens is 462 g/mol. The minimum Gasteiger partial charge on any atom is -0.321 e. The summed E-state index contributed by atoms with van der Waals surface area (Å²) in [6.07, 6.45) is 9.89. The maximum absolute atomic E-state index is 14.4. The van der Waals surface area contributed by atoms with Crippen molar-refractivity contribution in [3.05, 3.63) is 53.4 Å². The minimum atomic E-state index is -0.758. The Morgan fingerprint density at radius 2 is 1.76 bits per heavy atom. The Morgan fingerprint density at radius 3 is 2.50 bits per heavy atom. The third kappa shape index (κ3) is 4.12. The third-order valence-corrected chi connectivity index (χ3v) is 6.78. The molecule has 3 aromatic heterocycles. The summed E-state index contributed by atoms with van der Waals surface area (Å²) in [4.78, 5) is 11.2. The zero-order valence-corrected chi connectivity index (χ0v) is 19.1. The van der Waals surface area contributed by atoms with Crippen LogP contribution >= 0.6 is 11.6 Å². The van der Waals surface area contributed by atoms with E-state index in [2.05, 4.69) is 30.4 Å². The van der Waals surface area contributed by atoms with Gasteiger partial charge in [0.1, 0.15) is 16.7 Å². The molecule has 0 unspecified atom stereocenters. The lowest BCUT2D eigenvalue weighted by molar-refractivity contribution is 0.174. The van der Waals surface area contributed by atoms with Gasteiger partial charge in [-0.05, 0) is 43.7 Å². The predicted octanol–water partition coefficient (Wildman–Crippen LogP) is 4.71. The van der Waals surface area contributed by atoms with Gasteiger partial charge in [-0.25, -0.2) is 13.8 Å². The molecule has 0 bridgehead atoms. The molecule has 1 N–H and O–H groups in total. The van der Waals surface area contributed by atoms with Gasteiger partial charge in [0, 0.05) is 25.8 Å². The van der Waals surface area contributed by atoms with Crippen LogP contribution in [0, 0.1) is 17.6 Å². The number of halogens is 3. The number of likely N-dealkylation sites (tertiary alicyclic amines) is 1. The number of hydrogen-bond acceptors (Lipinski definition) is 6. The quantitative estimate of drug-likeness (QED) is 0.427. The number of nitrogens with zero attached hydrogens (tertiary/aromatic N) is 7. The Balaban J connectivity index is 1.26. The van der Waals surface area contributed by atoms with Gasteiger partial charge in [-0.2, -0.15) is 19.7 Å². The molecule has 4 aromatic rings. The van der Waals surface area contributed by atoms with E-state index >= 15 is 0 Å². The summed E-state index contributed by atoms with van der Waals surface area (Å²) < 4.78 is 32.2. The molecular formula is C23H23ClF2N8. The molecule has 11 heteroatoms. The van der Waals surface area contributed by atoms with Crippen molar-refractivity contribution in [3.8, 4) is 11.4 Å². The summed E-state index contributed by atoms with van der Waals surface area (Å²) in [7, 11) is 0. The van der Waals surface area contributed by atoms with Crippen molar-refractivity contribution in [3.63, 3.8) is 0 Å². The minimum absolute atomic E-state index is 0.122. The maximum atomic E-state index is 14.4. The van der Waals surface area contributed by atoms with E-state index in [-0.39, 0.29) is 28.0 Å². The molecule has 1 saturated heterocycles. The Labute approximate surface area is 199 Å². The molecule has 1 saturated carbocycles. The Kier molecular flexibility index (Phi) is 5.41. The van der Waals surface area contributed by atoms with E-state index in [0.717, 1.165) is 44.0 Å². The topological polar surface area (TPSA) is 76.2 Å². The lowest BCUT2D eigenvalue weighted by atomic mass is 10.1. The van der Waals surface area contributed by atoms with Crippen LogP contribution in [0.1, 0.15) is 31.7 Å². The first kappa shape index (κ1) is 21.4. The molecule has 0 radical (unpaired) electrons. The molecule has 8 nitrogen and oxygen atoms in total. The molecule has 176 valence electrons. The summed E-state index contributed by atoms with van der Waals surface area (Å²) in [6.45, 7) is 3.39. The molecule has 4 heterocycles. The molecule has 0 atom stereocenters. The monoisotopic (exact) mass is 484 g/mol. The maximum Gasteiger partial charge on any atom is 0.232 e. The second-order valence-corrected chi connectivity index (χ2v) is 9.41. The second kappa shape index (κ2) is 8.59. The van der Waals surface area contributed by atoms with Crippen LogP contribution in [0.25, 0.3) is 17.0 Å². The molecule has 1 aliphatic carbocycles. The third-order valence-electron chi connectivity index (χ3n) is 6.51. The first-order valence-corrected chi connectivity index (χ1v) is 11.8. The zero-order chi connectivity index (χ0) is 23.2. The molecule has 34 heavy (non-hydrogen) atoms. The molecule has 1 aliphatic heterocycles. The van der Waals surface area contributed by atoms with E-state index in [1.54, 1.807) is 6.20 Å². The predicted molar refractivity (Wildman–Crippen MR) is 124 cm³/mol. The summed E-state index contributed by atoms with van der Waals surface area (Å²) in [5.74, 6) is -0.504. The number of benzene rings is 1. The lowest BCUT2D eigenvalue weighted by Gasteiger charge is -2.32. The van der Waals surface area contributed by atoms with Gasteiger partial charge in [0.2, 0.25) is 5.95 Å². The molecule has 2 aliphatic rings. The van der Waals surface area contributed by atoms with E-state index in [1.165, 1.54) is 36.2 Å². The van der Waals surface area contributed by atoms with E-state index in [0.29, 0.717) is 11.7 Å². The van der Waals surface area contributed by atoms with Crippen LogP contribution < -0.4 is 5.32 Å². The highest BCUT2D eigenvalue weighted by atomic mass is 35.5. The van der Waals surface area contributed by atoms with Gasteiger partial charge in [0.15, 0.2) is 11.5 Å². The number of fused-ring (bicyclic) bond motifs is 1. The van der Waals surface area contributed by atoms with E-state index in [9.17, 15) is 8.78 Å². The average molecular weight is 485 g/mol. The number of aromatic nitrogens is 6. The van der Waals surface area contributed by atoms with Crippen molar-refractivity contribution in [2.45, 2.75) is 31.7 Å². The number of anilines is 2. The van der Waals surface area contributed by atoms with E-state index in [1.807, 2.05) is 10.9 Å². The van der Waals surface area contributed by atoms with Crippen LogP contribution in [0.3, 0.4) is 0 Å². The SMILES string of the molecule is Fc1cccc(F)c1-c1nc(Nc2cnn(C3CCN(CC4CC4)CC3)c2)n2ncc(Cl)c2n1. The number of hydrogen-bond donors (Lipinski definition) is 1. The smallest absolute Gasteiger partial charge is 0.232 e. The van der Waals surface area contributed by atoms with Gasteiger partial charge in [-0.1, -0.05) is 17.7 Å². The van der Waals surface area contributed by atoms with Crippen LogP contribution in [0.15, 0.2) is 36.8 Å². The Morgan fingerprint density at radius 1 is 1.00 bits per heavy atom. The van der Waals surface area contributed by atoms with Gasteiger partial charge in [-0.15, -0.1) is 0 Å². The Bertz CT molecular complexity index is 1320. The highest BCUT2D eigenvalue weighted by Gasteiger charge is 2.28. The van der Waals surface area contributed by atoms with Crippen molar-refractivity contribution in [1.82, 2.24) is 34.3 Å². The number of rotatable bonds is 6. The first-order valence-electron chi connectivity index (χ1n) is 11.4. The highest BCUT2D eigenvalue weighted by molar-refractivity contribution is 6.33. The fourth-order valence-electron chi connectivity index (χ4n) is 4.52. The van der Waals surface area contributed by atoms with Crippen LogP contribution in [0.2, 0.25) is 5.02 Å². The molecule has 1 aromatic carbocycles. The molecule has 2 fully saturated rings. The highest BCUT2D eigenvalue weighted by Crippen LogP contribution is 2.32. The fraction of sp³-hybridized carbons (Fsp3) is 0.391. The standard InChI is InChI=1S/C23H23ClF2N8/c24-17-11-28-34-22(17)30-21(20-18(25)2-1-3-19(20)26)31-23(34)29-15-10-27-33(13-15)16-6-8-32(9-7-16)12-14-4-5-14/h1-3,10-11,13-14,16H,4-9,12H2,(H,29,30,31). The van der Waals surface area contributed by atoms with Gasteiger partial charge >= 0.3 is 0 Å². The van der Waals surface area contributed by atoms with Gasteiger partial charge in [-0.3, -0.25) is 4.68 Å². The average Bonchev–Trinajstić information content (AvgIpc) is 3.38. The Hall–Kier alpha value is -3.11. The van der Waals surface area contributed by atoms with Gasteiger partial charge in [0.25, 0.3) is 0 Å². The van der Waals surface area contributed by atoms with Crippen molar-refractivity contribution >= 4 is 28.9 Å². The summed E-state index contributed by atoms with van der Waals surface area (Å²) in [6, 6.07) is 3.95. The molecule has 0 spiro atoms. The largest absolute Gasteiger partial charge is 0.321 e. The van der Waals surface area contributed by atoms with Crippen LogP contribution in [-0.2, 0) is 0 Å². The van der Waals surface area contributed by atoms with E-state index in [4.69, 9.17) is 11.6 Å².